The SMILES string of the molecule is CCOC(=O)CCNC(=O)C(c1c(C)cccc1C)N(C(=O)CNC(=O)OC(C)(C)C)C1CC1C. The van der Waals surface area contributed by atoms with Gasteiger partial charge < -0.3 is 25.0 Å². The zero-order valence-corrected chi connectivity index (χ0v) is 21.9. The Morgan fingerprint density at radius 1 is 1.11 bits per heavy atom. The number of carbonyl (C=O) groups is 4. The van der Waals surface area contributed by atoms with Crippen LogP contribution in [0.15, 0.2) is 18.2 Å². The summed E-state index contributed by atoms with van der Waals surface area (Å²) in [6.07, 6.45) is 0.0973. The Kier molecular flexibility index (Phi) is 9.68. The van der Waals surface area contributed by atoms with Gasteiger partial charge in [0.25, 0.3) is 0 Å². The zero-order valence-electron chi connectivity index (χ0n) is 21.9. The molecule has 0 saturated heterocycles. The van der Waals surface area contributed by atoms with E-state index in [1.54, 1.807) is 32.6 Å². The van der Waals surface area contributed by atoms with Crippen molar-refractivity contribution in [3.05, 3.63) is 34.9 Å². The summed E-state index contributed by atoms with van der Waals surface area (Å²) in [6, 6.07) is 4.67. The van der Waals surface area contributed by atoms with E-state index in [1.807, 2.05) is 39.0 Å². The topological polar surface area (TPSA) is 114 Å². The van der Waals surface area contributed by atoms with E-state index in [0.717, 1.165) is 23.1 Å². The molecule has 1 aromatic carbocycles. The van der Waals surface area contributed by atoms with Gasteiger partial charge in [-0.15, -0.1) is 0 Å². The van der Waals surface area contributed by atoms with Gasteiger partial charge in [0.15, 0.2) is 0 Å². The van der Waals surface area contributed by atoms with Crippen LogP contribution < -0.4 is 10.6 Å². The first-order valence-electron chi connectivity index (χ1n) is 12.1. The highest BCUT2D eigenvalue weighted by molar-refractivity contribution is 5.91. The molecule has 0 radical (unpaired) electrons. The highest BCUT2D eigenvalue weighted by Gasteiger charge is 2.46. The van der Waals surface area contributed by atoms with Gasteiger partial charge in [0.2, 0.25) is 11.8 Å². The first kappa shape index (κ1) is 28.1. The average molecular weight is 490 g/mol. The van der Waals surface area contributed by atoms with Crippen LogP contribution in [0.5, 0.6) is 0 Å². The average Bonchev–Trinajstić information content (AvgIpc) is 3.45. The van der Waals surface area contributed by atoms with Crippen LogP contribution >= 0.6 is 0 Å². The van der Waals surface area contributed by atoms with Gasteiger partial charge >= 0.3 is 12.1 Å². The number of rotatable bonds is 10. The van der Waals surface area contributed by atoms with Crippen molar-refractivity contribution in [2.24, 2.45) is 5.92 Å². The zero-order chi connectivity index (χ0) is 26.3. The molecule has 0 spiro atoms. The molecule has 194 valence electrons. The van der Waals surface area contributed by atoms with Crippen LogP contribution in [-0.2, 0) is 23.9 Å². The lowest BCUT2D eigenvalue weighted by Crippen LogP contribution is -2.49. The van der Waals surface area contributed by atoms with Crippen molar-refractivity contribution in [2.45, 2.75) is 79.0 Å². The molecule has 1 fully saturated rings. The molecule has 3 atom stereocenters. The number of nitrogens with one attached hydrogen (secondary N) is 2. The number of esters is 1. The molecule has 2 rings (SSSR count). The van der Waals surface area contributed by atoms with Crippen LogP contribution in [0.3, 0.4) is 0 Å². The van der Waals surface area contributed by atoms with Gasteiger partial charge in [0.05, 0.1) is 13.0 Å². The summed E-state index contributed by atoms with van der Waals surface area (Å²) in [5.74, 6) is -0.934. The maximum atomic E-state index is 13.5. The molecule has 0 heterocycles. The second kappa shape index (κ2) is 12.0. The molecule has 1 saturated carbocycles. The van der Waals surface area contributed by atoms with E-state index in [-0.39, 0.29) is 49.9 Å². The number of alkyl carbamates (subject to hydrolysis) is 1. The lowest BCUT2D eigenvalue weighted by atomic mass is 9.93. The van der Waals surface area contributed by atoms with E-state index in [2.05, 4.69) is 10.6 Å². The number of benzene rings is 1. The third-order valence-electron chi connectivity index (χ3n) is 5.77. The first-order chi connectivity index (χ1) is 16.4. The van der Waals surface area contributed by atoms with Crippen LogP contribution in [0, 0.1) is 19.8 Å². The molecular formula is C26H39N3O6. The Labute approximate surface area is 207 Å². The summed E-state index contributed by atoms with van der Waals surface area (Å²) in [7, 11) is 0. The number of nitrogens with zero attached hydrogens (tertiary/aromatic N) is 1. The van der Waals surface area contributed by atoms with Gasteiger partial charge in [0, 0.05) is 12.6 Å². The van der Waals surface area contributed by atoms with E-state index in [1.165, 1.54) is 0 Å². The fourth-order valence-electron chi connectivity index (χ4n) is 4.04. The summed E-state index contributed by atoms with van der Waals surface area (Å²) in [5, 5.41) is 5.33. The van der Waals surface area contributed by atoms with E-state index in [4.69, 9.17) is 9.47 Å². The Balaban J connectivity index is 2.31. The first-order valence-corrected chi connectivity index (χ1v) is 12.1. The van der Waals surface area contributed by atoms with Crippen molar-refractivity contribution >= 4 is 23.9 Å². The van der Waals surface area contributed by atoms with Crippen LogP contribution in [0.1, 0.15) is 70.2 Å². The van der Waals surface area contributed by atoms with Crippen molar-refractivity contribution in [3.8, 4) is 0 Å². The largest absolute Gasteiger partial charge is 0.466 e. The van der Waals surface area contributed by atoms with E-state index in [0.29, 0.717) is 0 Å². The number of amides is 3. The number of hydrogen-bond donors (Lipinski definition) is 2. The van der Waals surface area contributed by atoms with Crippen molar-refractivity contribution < 1.29 is 28.7 Å². The molecule has 3 unspecified atom stereocenters. The monoisotopic (exact) mass is 489 g/mol. The summed E-state index contributed by atoms with van der Waals surface area (Å²) in [6.45, 7) is 12.8. The molecule has 0 bridgehead atoms. The molecule has 35 heavy (non-hydrogen) atoms. The van der Waals surface area contributed by atoms with Crippen molar-refractivity contribution in [1.82, 2.24) is 15.5 Å². The number of ether oxygens (including phenoxy) is 2. The van der Waals surface area contributed by atoms with Crippen LogP contribution in [-0.4, -0.2) is 60.1 Å². The minimum absolute atomic E-state index is 0.0348. The number of hydrogen-bond acceptors (Lipinski definition) is 6. The minimum atomic E-state index is -0.902. The Morgan fingerprint density at radius 2 is 1.71 bits per heavy atom. The van der Waals surface area contributed by atoms with Gasteiger partial charge in [-0.25, -0.2) is 4.79 Å². The van der Waals surface area contributed by atoms with Crippen molar-refractivity contribution in [3.63, 3.8) is 0 Å². The second-order valence-corrected chi connectivity index (χ2v) is 9.99. The number of carbonyl (C=O) groups excluding carboxylic acids is 4. The van der Waals surface area contributed by atoms with E-state index in [9.17, 15) is 19.2 Å². The van der Waals surface area contributed by atoms with Gasteiger partial charge in [-0.1, -0.05) is 25.1 Å². The molecule has 1 aromatic rings. The quantitative estimate of drug-likeness (QED) is 0.488. The molecule has 0 aliphatic heterocycles. The van der Waals surface area contributed by atoms with Gasteiger partial charge in [-0.05, 0) is 70.6 Å². The van der Waals surface area contributed by atoms with E-state index >= 15 is 0 Å². The lowest BCUT2D eigenvalue weighted by molar-refractivity contribution is -0.144. The standard InChI is InChI=1S/C26H39N3O6/c1-8-34-21(31)12-13-27-24(32)23(22-16(2)10-9-11-17(22)3)29(19-14-18(19)4)20(30)15-28-25(33)35-26(5,6)7/h9-11,18-19,23H,8,12-15H2,1-7H3,(H,27,32)(H,28,33). The molecule has 2 N–H and O–H groups in total. The molecule has 3 amide bonds. The maximum absolute atomic E-state index is 13.5. The van der Waals surface area contributed by atoms with Crippen molar-refractivity contribution in [1.29, 1.82) is 0 Å². The highest BCUT2D eigenvalue weighted by Crippen LogP contribution is 2.41. The highest BCUT2D eigenvalue weighted by atomic mass is 16.6. The summed E-state index contributed by atoms with van der Waals surface area (Å²) >= 11 is 0. The lowest BCUT2D eigenvalue weighted by Gasteiger charge is -2.34. The molecule has 9 nitrogen and oxygen atoms in total. The maximum Gasteiger partial charge on any atom is 0.408 e. The Bertz CT molecular complexity index is 919. The van der Waals surface area contributed by atoms with Gasteiger partial charge in [-0.3, -0.25) is 14.4 Å². The Morgan fingerprint density at radius 3 is 2.23 bits per heavy atom. The van der Waals surface area contributed by atoms with Gasteiger partial charge in [-0.2, -0.15) is 0 Å². The predicted molar refractivity (Wildman–Crippen MR) is 132 cm³/mol. The van der Waals surface area contributed by atoms with Crippen LogP contribution in [0.4, 0.5) is 4.79 Å². The van der Waals surface area contributed by atoms with E-state index < -0.39 is 23.7 Å². The molecular weight excluding hydrogens is 450 g/mol. The third-order valence-corrected chi connectivity index (χ3v) is 5.77. The fraction of sp³-hybridized carbons (Fsp3) is 0.615. The normalized spacial score (nSPS) is 17.7. The van der Waals surface area contributed by atoms with Crippen molar-refractivity contribution in [2.75, 3.05) is 19.7 Å². The van der Waals surface area contributed by atoms with Gasteiger partial charge in [0.1, 0.15) is 18.2 Å². The molecule has 0 aromatic heterocycles. The smallest absolute Gasteiger partial charge is 0.408 e. The molecule has 1 aliphatic carbocycles. The number of aryl methyl sites for hydroxylation is 2. The summed E-state index contributed by atoms with van der Waals surface area (Å²) in [5.41, 5.74) is 1.80. The molecule has 1 aliphatic rings. The Hall–Kier alpha value is -3.10. The third kappa shape index (κ3) is 8.26. The summed E-state index contributed by atoms with van der Waals surface area (Å²) in [4.78, 5) is 52.4. The second-order valence-electron chi connectivity index (χ2n) is 9.99. The predicted octanol–water partition coefficient (Wildman–Crippen LogP) is 3.18. The van der Waals surface area contributed by atoms with Crippen LogP contribution in [0.25, 0.3) is 0 Å². The summed E-state index contributed by atoms with van der Waals surface area (Å²) < 4.78 is 10.2. The van der Waals surface area contributed by atoms with Crippen LogP contribution in [0.2, 0.25) is 0 Å². The molecule has 9 heteroatoms. The fourth-order valence-corrected chi connectivity index (χ4v) is 4.04. The minimum Gasteiger partial charge on any atom is -0.466 e.